The third kappa shape index (κ3) is 4.68. The van der Waals surface area contributed by atoms with Gasteiger partial charge in [-0.25, -0.2) is 4.79 Å². The van der Waals surface area contributed by atoms with Crippen molar-refractivity contribution in [1.82, 2.24) is 10.2 Å². The summed E-state index contributed by atoms with van der Waals surface area (Å²) in [6.07, 6.45) is 1.46. The Morgan fingerprint density at radius 2 is 1.88 bits per heavy atom. The predicted molar refractivity (Wildman–Crippen MR) is 152 cm³/mol. The van der Waals surface area contributed by atoms with E-state index < -0.39 is 69.9 Å². The van der Waals surface area contributed by atoms with E-state index in [2.05, 4.69) is 11.9 Å². The highest BCUT2D eigenvalue weighted by Gasteiger charge is 2.64. The molecule has 0 aliphatic heterocycles. The summed E-state index contributed by atoms with van der Waals surface area (Å²) in [7, 11) is 6.59. The predicted octanol–water partition coefficient (Wildman–Crippen LogP) is 0.832. The van der Waals surface area contributed by atoms with Gasteiger partial charge in [0.05, 0.1) is 18.2 Å². The molecule has 0 radical (unpaired) electrons. The van der Waals surface area contributed by atoms with Crippen molar-refractivity contribution in [2.75, 3.05) is 39.7 Å². The number of rotatable bonds is 8. The maximum absolute atomic E-state index is 14.0. The number of ether oxygens (including phenoxy) is 1. The van der Waals surface area contributed by atoms with Crippen LogP contribution in [0.4, 0.5) is 10.5 Å². The van der Waals surface area contributed by atoms with E-state index in [0.29, 0.717) is 17.7 Å². The minimum Gasteiger partial charge on any atom is -0.508 e. The number of amides is 2. The molecule has 13 heteroatoms. The first-order chi connectivity index (χ1) is 19.7. The molecule has 0 unspecified atom stereocenters. The molecule has 7 N–H and O–H groups in total. The van der Waals surface area contributed by atoms with Gasteiger partial charge in [0.1, 0.15) is 22.8 Å². The van der Waals surface area contributed by atoms with Crippen LogP contribution in [0, 0.1) is 11.8 Å². The number of likely N-dealkylation sites (N-methyl/N-ethyl adjacent to an activating group) is 1. The number of anilines is 1. The number of aromatic hydroxyl groups is 1. The molecule has 4 rings (SSSR count). The molecule has 226 valence electrons. The second kappa shape index (κ2) is 11.1. The number of nitrogens with zero attached hydrogens (tertiary/aromatic N) is 2. The lowest BCUT2D eigenvalue weighted by Gasteiger charge is -2.50. The number of hydrogen-bond acceptors (Lipinski definition) is 11. The lowest BCUT2D eigenvalue weighted by atomic mass is 9.57. The van der Waals surface area contributed by atoms with Gasteiger partial charge in [-0.15, -0.1) is 6.58 Å². The smallest absolute Gasteiger partial charge is 0.407 e. The van der Waals surface area contributed by atoms with E-state index in [1.54, 1.807) is 45.2 Å². The fourth-order valence-electron chi connectivity index (χ4n) is 6.33. The van der Waals surface area contributed by atoms with Gasteiger partial charge in [-0.3, -0.25) is 19.3 Å². The van der Waals surface area contributed by atoms with Crippen molar-refractivity contribution in [3.63, 3.8) is 0 Å². The number of nitrogens with one attached hydrogen (secondary N) is 1. The van der Waals surface area contributed by atoms with Gasteiger partial charge in [0, 0.05) is 43.4 Å². The summed E-state index contributed by atoms with van der Waals surface area (Å²) in [5, 5.41) is 48.1. The molecule has 4 atom stereocenters. The van der Waals surface area contributed by atoms with Gasteiger partial charge in [-0.2, -0.15) is 0 Å². The number of carbonyl (C=O) groups excluding carboxylic acids is 4. The molecule has 0 heterocycles. The first kappa shape index (κ1) is 30.6. The molecule has 1 saturated carbocycles. The van der Waals surface area contributed by atoms with Crippen molar-refractivity contribution in [1.29, 1.82) is 0 Å². The number of carbonyl (C=O) groups is 4. The van der Waals surface area contributed by atoms with Crippen LogP contribution in [0.5, 0.6) is 5.75 Å². The van der Waals surface area contributed by atoms with Crippen LogP contribution in [0.15, 0.2) is 35.6 Å². The second-order valence-corrected chi connectivity index (χ2v) is 11.2. The Bertz CT molecular complexity index is 1440. The van der Waals surface area contributed by atoms with Crippen molar-refractivity contribution < 1.29 is 44.3 Å². The highest BCUT2D eigenvalue weighted by atomic mass is 16.5. The summed E-state index contributed by atoms with van der Waals surface area (Å²) in [6.45, 7) is 3.51. The maximum Gasteiger partial charge on any atom is 0.407 e. The molecule has 1 aromatic rings. The number of benzene rings is 1. The van der Waals surface area contributed by atoms with E-state index >= 15 is 0 Å². The number of aliphatic hydroxyl groups excluding tert-OH is 2. The molecule has 42 heavy (non-hydrogen) atoms. The van der Waals surface area contributed by atoms with Gasteiger partial charge in [0.25, 0.3) is 5.91 Å². The minimum absolute atomic E-state index is 0.0146. The Balaban J connectivity index is 1.85. The van der Waals surface area contributed by atoms with Crippen molar-refractivity contribution in [3.05, 3.63) is 52.3 Å². The second-order valence-electron chi connectivity index (χ2n) is 11.2. The van der Waals surface area contributed by atoms with Crippen LogP contribution in [0.3, 0.4) is 0 Å². The molecule has 3 aliphatic rings. The number of fused-ring (bicyclic) bond motifs is 3. The lowest BCUT2D eigenvalue weighted by Crippen LogP contribution is -2.65. The third-order valence-corrected chi connectivity index (χ3v) is 8.24. The molecular formula is C29H36N4O9. The zero-order valence-electron chi connectivity index (χ0n) is 23.9. The number of nitrogens with two attached hydrogens (primary N) is 1. The van der Waals surface area contributed by atoms with Gasteiger partial charge >= 0.3 is 6.09 Å². The van der Waals surface area contributed by atoms with Crippen molar-refractivity contribution in [2.24, 2.45) is 17.6 Å². The fraction of sp³-hybridized carbons (Fsp3) is 0.448. The minimum atomic E-state index is -2.72. The number of phenols is 1. The summed E-state index contributed by atoms with van der Waals surface area (Å²) < 4.78 is 5.04. The molecule has 3 aliphatic carbocycles. The molecule has 2 amide bonds. The van der Waals surface area contributed by atoms with Crippen molar-refractivity contribution in [2.45, 2.75) is 37.5 Å². The summed E-state index contributed by atoms with van der Waals surface area (Å²) in [5.74, 6) is -7.22. The quantitative estimate of drug-likeness (QED) is 0.143. The van der Waals surface area contributed by atoms with Crippen molar-refractivity contribution >= 4 is 35.0 Å². The number of phenolic OH excluding ortho intramolecular Hbond substituents is 1. The number of hydrogen-bond donors (Lipinski definition) is 6. The van der Waals surface area contributed by atoms with Crippen LogP contribution in [0.2, 0.25) is 0 Å². The summed E-state index contributed by atoms with van der Waals surface area (Å²) in [4.78, 5) is 54.7. The monoisotopic (exact) mass is 584 g/mol. The van der Waals surface area contributed by atoms with Crippen LogP contribution in [-0.2, 0) is 32.1 Å². The van der Waals surface area contributed by atoms with Gasteiger partial charge in [-0.05, 0) is 50.9 Å². The van der Waals surface area contributed by atoms with E-state index in [-0.39, 0.29) is 42.7 Å². The van der Waals surface area contributed by atoms with Gasteiger partial charge in [0.15, 0.2) is 11.4 Å². The average Bonchev–Trinajstić information content (AvgIpc) is 2.89. The van der Waals surface area contributed by atoms with Gasteiger partial charge < -0.3 is 41.1 Å². The first-order valence-corrected chi connectivity index (χ1v) is 13.4. The normalized spacial score (nSPS) is 25.0. The zero-order chi connectivity index (χ0) is 31.3. The highest BCUT2D eigenvalue weighted by Crippen LogP contribution is 2.54. The molecule has 0 aromatic heterocycles. The molecule has 1 aromatic carbocycles. The number of Topliss-reactive ketones (excluding diaryl/α,β-unsaturated/α-hetero) is 2. The van der Waals surface area contributed by atoms with Crippen molar-refractivity contribution in [3.8, 4) is 5.75 Å². The maximum atomic E-state index is 14.0. The SMILES string of the molecule is C=CCCOC(=O)NCc1cc(N(C)C)c2c(c1O)C(O)=C1C(=O)[C@@]3(O)C(O)=C(C(N)=O)C(=O)[C@H](N(C)C)[C@H]3C[C@H]1C2. The lowest BCUT2D eigenvalue weighted by molar-refractivity contribution is -0.153. The summed E-state index contributed by atoms with van der Waals surface area (Å²) >= 11 is 0. The fourth-order valence-corrected chi connectivity index (χ4v) is 6.33. The molecule has 1 fully saturated rings. The average molecular weight is 585 g/mol. The molecule has 0 spiro atoms. The van der Waals surface area contributed by atoms with Crippen LogP contribution >= 0.6 is 0 Å². The first-order valence-electron chi connectivity index (χ1n) is 13.4. The van der Waals surface area contributed by atoms with Crippen LogP contribution in [-0.4, -0.2) is 95.3 Å². The van der Waals surface area contributed by atoms with Crippen LogP contribution in [0.25, 0.3) is 5.76 Å². The van der Waals surface area contributed by atoms with E-state index in [9.17, 15) is 39.6 Å². The largest absolute Gasteiger partial charge is 0.508 e. The Morgan fingerprint density at radius 3 is 2.45 bits per heavy atom. The van der Waals surface area contributed by atoms with Gasteiger partial charge in [0.2, 0.25) is 5.78 Å². The van der Waals surface area contributed by atoms with Crippen LogP contribution in [0.1, 0.15) is 29.5 Å². The topological polar surface area (TPSA) is 203 Å². The van der Waals surface area contributed by atoms with E-state index in [0.717, 1.165) is 0 Å². The number of ketones is 2. The number of alkyl carbamates (subject to hydrolysis) is 1. The highest BCUT2D eigenvalue weighted by molar-refractivity contribution is 6.24. The Morgan fingerprint density at radius 1 is 1.21 bits per heavy atom. The molecular weight excluding hydrogens is 548 g/mol. The molecule has 13 nitrogen and oxygen atoms in total. The molecule has 0 saturated heterocycles. The Kier molecular flexibility index (Phi) is 8.11. The van der Waals surface area contributed by atoms with E-state index in [4.69, 9.17) is 10.5 Å². The van der Waals surface area contributed by atoms with Gasteiger partial charge in [-0.1, -0.05) is 6.08 Å². The summed E-state index contributed by atoms with van der Waals surface area (Å²) in [5.41, 5.74) is 2.79. The Hall–Kier alpha value is -4.36. The number of primary amides is 1. The third-order valence-electron chi connectivity index (χ3n) is 8.24. The molecule has 0 bridgehead atoms. The Labute approximate surface area is 242 Å². The summed E-state index contributed by atoms with van der Waals surface area (Å²) in [6, 6.07) is 0.488. The van der Waals surface area contributed by atoms with E-state index in [1.165, 1.54) is 4.90 Å². The zero-order valence-corrected chi connectivity index (χ0v) is 23.9. The number of aliphatic hydroxyl groups is 3. The standard InChI is InChI=1S/C29H36N4O9/c1-6-7-8-42-28(40)31-12-14-11-17(32(2)3)15-9-13-10-16-21(33(4)5)24(36)20(27(30)39)26(38)29(16,41)25(37)18(13)23(35)19(15)22(14)34/h6,11,13,16,21,34-35,38,41H,1,7-10,12H2,2-5H3,(H2,30,39)(H,31,40)/t13-,16-,21-,29-/m1/s1. The van der Waals surface area contributed by atoms with Crippen LogP contribution < -0.4 is 16.0 Å². The van der Waals surface area contributed by atoms with E-state index in [1.807, 2.05) is 0 Å².